The highest BCUT2D eigenvalue weighted by Gasteiger charge is 2.19. The third kappa shape index (κ3) is 3.10. The van der Waals surface area contributed by atoms with Gasteiger partial charge in [0.1, 0.15) is 12.4 Å². The topological polar surface area (TPSA) is 24.5 Å². The molecular formula is C16H24N2O. The Bertz CT molecular complexity index is 433. The van der Waals surface area contributed by atoms with Gasteiger partial charge in [-0.1, -0.05) is 12.5 Å². The molecule has 1 saturated heterocycles. The second-order valence-electron chi connectivity index (χ2n) is 5.80. The van der Waals surface area contributed by atoms with Gasteiger partial charge in [-0.3, -0.25) is 0 Å². The number of hydrogen-bond donors (Lipinski definition) is 1. The number of fused-ring (bicyclic) bond motifs is 1. The Balaban J connectivity index is 1.60. The molecule has 1 N–H and O–H groups in total. The van der Waals surface area contributed by atoms with Crippen LogP contribution in [0.2, 0.25) is 0 Å². The molecule has 3 heteroatoms. The van der Waals surface area contributed by atoms with Gasteiger partial charge in [0.05, 0.1) is 0 Å². The molecule has 3 nitrogen and oxygen atoms in total. The fourth-order valence-corrected chi connectivity index (χ4v) is 3.09. The van der Waals surface area contributed by atoms with E-state index in [1.54, 1.807) is 0 Å². The maximum absolute atomic E-state index is 6.02. The Hall–Kier alpha value is -1.06. The van der Waals surface area contributed by atoms with Crippen molar-refractivity contribution in [2.45, 2.75) is 38.3 Å². The van der Waals surface area contributed by atoms with Crippen molar-refractivity contribution in [1.29, 1.82) is 0 Å². The molecule has 0 spiro atoms. The van der Waals surface area contributed by atoms with Crippen LogP contribution in [-0.4, -0.2) is 37.7 Å². The van der Waals surface area contributed by atoms with E-state index < -0.39 is 0 Å². The number of likely N-dealkylation sites (tertiary alicyclic amines) is 1. The molecule has 2 aliphatic heterocycles. The van der Waals surface area contributed by atoms with Crippen molar-refractivity contribution < 1.29 is 4.74 Å². The van der Waals surface area contributed by atoms with Crippen LogP contribution < -0.4 is 10.1 Å². The number of nitrogens with one attached hydrogen (secondary N) is 1. The minimum Gasteiger partial charge on any atom is -0.492 e. The van der Waals surface area contributed by atoms with Crippen molar-refractivity contribution in [2.24, 2.45) is 0 Å². The first-order chi connectivity index (χ1) is 9.33. The van der Waals surface area contributed by atoms with Crippen molar-refractivity contribution in [1.82, 2.24) is 10.2 Å². The molecule has 0 aromatic heterocycles. The third-order valence-electron chi connectivity index (χ3n) is 4.43. The molecule has 104 valence electrons. The summed E-state index contributed by atoms with van der Waals surface area (Å²) < 4.78 is 6.02. The lowest BCUT2D eigenvalue weighted by molar-refractivity contribution is 0.125. The van der Waals surface area contributed by atoms with Crippen LogP contribution in [0.5, 0.6) is 5.75 Å². The van der Waals surface area contributed by atoms with Gasteiger partial charge >= 0.3 is 0 Å². The van der Waals surface area contributed by atoms with E-state index in [9.17, 15) is 0 Å². The second-order valence-corrected chi connectivity index (χ2v) is 5.80. The molecule has 2 aliphatic rings. The molecule has 1 aromatic rings. The second kappa shape index (κ2) is 5.93. The predicted molar refractivity (Wildman–Crippen MR) is 77.6 cm³/mol. The Kier molecular flexibility index (Phi) is 4.04. The van der Waals surface area contributed by atoms with Crippen molar-refractivity contribution in [3.05, 3.63) is 29.3 Å². The van der Waals surface area contributed by atoms with Gasteiger partial charge in [0.2, 0.25) is 0 Å². The maximum atomic E-state index is 6.02. The van der Waals surface area contributed by atoms with Crippen LogP contribution in [0.4, 0.5) is 0 Å². The van der Waals surface area contributed by atoms with Crippen LogP contribution in [0.3, 0.4) is 0 Å². The molecule has 0 radical (unpaired) electrons. The molecular weight excluding hydrogens is 236 g/mol. The van der Waals surface area contributed by atoms with E-state index >= 15 is 0 Å². The average molecular weight is 260 g/mol. The van der Waals surface area contributed by atoms with Crippen LogP contribution in [-0.2, 0) is 13.0 Å². The molecule has 1 unspecified atom stereocenters. The molecule has 1 fully saturated rings. The monoisotopic (exact) mass is 260 g/mol. The maximum Gasteiger partial charge on any atom is 0.119 e. The molecule has 3 rings (SSSR count). The molecule has 0 aliphatic carbocycles. The molecule has 2 heterocycles. The standard InChI is InChI=1S/C16H24N2O/c1-18-9-3-2-4-15(18)12-19-16-6-5-14-11-17-8-7-13(14)10-16/h5-6,10,15,17H,2-4,7-9,11-12H2,1H3. The number of ether oxygens (including phenoxy) is 1. The zero-order valence-corrected chi connectivity index (χ0v) is 11.8. The lowest BCUT2D eigenvalue weighted by Gasteiger charge is -2.32. The summed E-state index contributed by atoms with van der Waals surface area (Å²) in [6.45, 7) is 4.13. The molecule has 0 bridgehead atoms. The van der Waals surface area contributed by atoms with E-state index in [0.717, 1.165) is 31.9 Å². The lowest BCUT2D eigenvalue weighted by atomic mass is 10.0. The zero-order chi connectivity index (χ0) is 13.1. The van der Waals surface area contributed by atoms with Crippen LogP contribution >= 0.6 is 0 Å². The summed E-state index contributed by atoms with van der Waals surface area (Å²) in [5, 5.41) is 3.40. The normalized spacial score (nSPS) is 23.9. The van der Waals surface area contributed by atoms with E-state index in [1.807, 2.05) is 0 Å². The molecule has 1 atom stereocenters. The Morgan fingerprint density at radius 2 is 2.26 bits per heavy atom. The Morgan fingerprint density at radius 3 is 3.16 bits per heavy atom. The van der Waals surface area contributed by atoms with Gasteiger partial charge in [-0.2, -0.15) is 0 Å². The SMILES string of the molecule is CN1CCCCC1COc1ccc2c(c1)CCNC2. The third-order valence-corrected chi connectivity index (χ3v) is 4.43. The molecule has 0 saturated carbocycles. The Morgan fingerprint density at radius 1 is 1.32 bits per heavy atom. The summed E-state index contributed by atoms with van der Waals surface area (Å²) in [5.41, 5.74) is 2.88. The summed E-state index contributed by atoms with van der Waals surface area (Å²) in [7, 11) is 2.21. The summed E-state index contributed by atoms with van der Waals surface area (Å²) >= 11 is 0. The number of benzene rings is 1. The molecule has 1 aromatic carbocycles. The highest BCUT2D eigenvalue weighted by molar-refractivity contribution is 5.37. The first-order valence-electron chi connectivity index (χ1n) is 7.48. The fraction of sp³-hybridized carbons (Fsp3) is 0.625. The first-order valence-corrected chi connectivity index (χ1v) is 7.48. The molecule has 19 heavy (non-hydrogen) atoms. The van der Waals surface area contributed by atoms with Gasteiger partial charge < -0.3 is 15.0 Å². The number of piperidine rings is 1. The van der Waals surface area contributed by atoms with Crippen molar-refractivity contribution in [2.75, 3.05) is 26.7 Å². The first kappa shape index (κ1) is 12.9. The van der Waals surface area contributed by atoms with Crippen molar-refractivity contribution in [3.63, 3.8) is 0 Å². The summed E-state index contributed by atoms with van der Waals surface area (Å²) in [6.07, 6.45) is 5.06. The smallest absolute Gasteiger partial charge is 0.119 e. The van der Waals surface area contributed by atoms with E-state index in [1.165, 1.54) is 36.9 Å². The number of likely N-dealkylation sites (N-methyl/N-ethyl adjacent to an activating group) is 1. The Labute approximate surface area is 115 Å². The van der Waals surface area contributed by atoms with Crippen LogP contribution in [0.25, 0.3) is 0 Å². The van der Waals surface area contributed by atoms with Crippen molar-refractivity contribution >= 4 is 0 Å². The highest BCUT2D eigenvalue weighted by Crippen LogP contribution is 2.22. The minimum absolute atomic E-state index is 0.589. The van der Waals surface area contributed by atoms with Gasteiger partial charge in [0, 0.05) is 12.6 Å². The number of rotatable bonds is 3. The zero-order valence-electron chi connectivity index (χ0n) is 11.8. The van der Waals surface area contributed by atoms with E-state index in [4.69, 9.17) is 4.74 Å². The average Bonchev–Trinajstić information content (AvgIpc) is 2.46. The van der Waals surface area contributed by atoms with Crippen LogP contribution in [0, 0.1) is 0 Å². The van der Waals surface area contributed by atoms with E-state index in [-0.39, 0.29) is 0 Å². The minimum atomic E-state index is 0.589. The van der Waals surface area contributed by atoms with Crippen LogP contribution in [0.1, 0.15) is 30.4 Å². The lowest BCUT2D eigenvalue weighted by Crippen LogP contribution is -2.40. The number of hydrogen-bond acceptors (Lipinski definition) is 3. The van der Waals surface area contributed by atoms with E-state index in [0.29, 0.717) is 6.04 Å². The fourth-order valence-electron chi connectivity index (χ4n) is 3.09. The largest absolute Gasteiger partial charge is 0.492 e. The van der Waals surface area contributed by atoms with Crippen molar-refractivity contribution in [3.8, 4) is 5.75 Å². The highest BCUT2D eigenvalue weighted by atomic mass is 16.5. The van der Waals surface area contributed by atoms with Gasteiger partial charge in [0.25, 0.3) is 0 Å². The molecule has 0 amide bonds. The van der Waals surface area contributed by atoms with Crippen LogP contribution in [0.15, 0.2) is 18.2 Å². The van der Waals surface area contributed by atoms with Gasteiger partial charge in [-0.05, 0) is 62.7 Å². The van der Waals surface area contributed by atoms with Gasteiger partial charge in [0.15, 0.2) is 0 Å². The summed E-state index contributed by atoms with van der Waals surface area (Å²) in [6, 6.07) is 7.15. The summed E-state index contributed by atoms with van der Waals surface area (Å²) in [4.78, 5) is 2.44. The quantitative estimate of drug-likeness (QED) is 0.901. The predicted octanol–water partition coefficient (Wildman–Crippen LogP) is 2.20. The number of nitrogens with zero attached hydrogens (tertiary/aromatic N) is 1. The van der Waals surface area contributed by atoms with E-state index in [2.05, 4.69) is 35.5 Å². The summed E-state index contributed by atoms with van der Waals surface area (Å²) in [5.74, 6) is 1.04. The van der Waals surface area contributed by atoms with Gasteiger partial charge in [-0.25, -0.2) is 0 Å². The van der Waals surface area contributed by atoms with Gasteiger partial charge in [-0.15, -0.1) is 0 Å².